The summed E-state index contributed by atoms with van der Waals surface area (Å²) in [7, 11) is 3.31. The molecule has 2 saturated carbocycles. The van der Waals surface area contributed by atoms with Gasteiger partial charge in [0.25, 0.3) is 5.91 Å². The quantitative estimate of drug-likeness (QED) is 0.0917. The van der Waals surface area contributed by atoms with Gasteiger partial charge in [0.2, 0.25) is 0 Å². The Morgan fingerprint density at radius 1 is 0.639 bits per heavy atom. The van der Waals surface area contributed by atoms with Gasteiger partial charge in [-0.3, -0.25) is 4.79 Å². The second-order valence-electron chi connectivity index (χ2n) is 19.5. The molecule has 13 nitrogen and oxygen atoms in total. The first-order valence-electron chi connectivity index (χ1n) is 25.2. The molecule has 6 aromatic rings. The van der Waals surface area contributed by atoms with E-state index in [1.54, 1.807) is 26.5 Å². The fourth-order valence-electron chi connectivity index (χ4n) is 10.3. The minimum atomic E-state index is -0.900. The Balaban J connectivity index is 0.000000175. The highest BCUT2D eigenvalue weighted by atomic mass is 35.5. The fourth-order valence-corrected chi connectivity index (χ4v) is 10.3. The number of halogens is 1. The molecule has 2 saturated heterocycles. The number of H-pyrrole nitrogens is 2. The standard InChI is InChI=1S/C29H32N4O2.C17H20N2O3.C12H14N2.ClH/c1-19-14-26(23-4-3-5-23)27(28-31-17-24(32-28)18-35-2)15-25(19)29(34)33-12-10-22(11-13-33)21-8-6-20(16-30)7-9-21;1-10-6-14(11-4-3-5-11)15(7-13(10)17(20)21)16-18-8-12(19-16)9-22-2;13-9-10-1-3-11(4-2-10)12-5-7-14-8-6-12;/h6-9,14-15,17,22-23H,3-5,10-13,18H2,1-2H3,(H,31,32);6-8,11H,3-5,9H2,1-2H3,(H,18,19)(H,20,21);1-4,12,14H,5-8H2;1H. The lowest BCUT2D eigenvalue weighted by Gasteiger charge is -2.33. The molecule has 0 atom stereocenters. The van der Waals surface area contributed by atoms with Crippen molar-refractivity contribution in [3.05, 3.63) is 152 Å². The molecule has 0 unspecified atom stereocenters. The Labute approximate surface area is 429 Å². The van der Waals surface area contributed by atoms with Crippen molar-refractivity contribution in [2.24, 2.45) is 0 Å². The molecule has 4 aliphatic rings. The van der Waals surface area contributed by atoms with E-state index in [4.69, 9.17) is 20.0 Å². The highest BCUT2D eigenvalue weighted by Gasteiger charge is 2.30. The Kier molecular flexibility index (Phi) is 18.6. The van der Waals surface area contributed by atoms with Crippen LogP contribution < -0.4 is 5.32 Å². The van der Waals surface area contributed by atoms with Crippen molar-refractivity contribution in [2.45, 2.75) is 115 Å². The van der Waals surface area contributed by atoms with Crippen molar-refractivity contribution in [3.63, 3.8) is 0 Å². The lowest BCUT2D eigenvalue weighted by Crippen LogP contribution is -2.38. The number of amides is 1. The van der Waals surface area contributed by atoms with Crippen molar-refractivity contribution < 1.29 is 24.2 Å². The van der Waals surface area contributed by atoms with Crippen LogP contribution in [0, 0.1) is 36.5 Å². The van der Waals surface area contributed by atoms with E-state index in [0.717, 1.165) is 108 Å². The summed E-state index contributed by atoms with van der Waals surface area (Å²) in [5.41, 5.74) is 13.3. The summed E-state index contributed by atoms with van der Waals surface area (Å²) >= 11 is 0. The molecule has 14 heteroatoms. The zero-order chi connectivity index (χ0) is 49.9. The second kappa shape index (κ2) is 25.2. The Hall–Kier alpha value is -6.61. The average molecular weight is 992 g/mol. The topological polar surface area (TPSA) is 193 Å². The van der Waals surface area contributed by atoms with Gasteiger partial charge in [0, 0.05) is 44.0 Å². The molecule has 4 N–H and O–H groups in total. The van der Waals surface area contributed by atoms with Gasteiger partial charge in [0.15, 0.2) is 0 Å². The van der Waals surface area contributed by atoms with Crippen molar-refractivity contribution in [1.29, 1.82) is 10.5 Å². The molecular formula is C58H67ClN8O5. The number of aromatic amines is 2. The third-order valence-electron chi connectivity index (χ3n) is 14.9. The first-order chi connectivity index (χ1) is 34.6. The molecule has 4 aromatic carbocycles. The number of aromatic nitrogens is 4. The Morgan fingerprint density at radius 2 is 1.07 bits per heavy atom. The molecule has 2 aromatic heterocycles. The number of hydrogen-bond acceptors (Lipinski definition) is 9. The lowest BCUT2D eigenvalue weighted by atomic mass is 9.77. The number of carboxylic acid groups (broad SMARTS) is 1. The van der Waals surface area contributed by atoms with Gasteiger partial charge in [-0.05, 0) is 172 Å². The predicted octanol–water partition coefficient (Wildman–Crippen LogP) is 11.6. The zero-order valence-corrected chi connectivity index (χ0v) is 42.7. The number of carbonyl (C=O) groups is 2. The van der Waals surface area contributed by atoms with Crippen LogP contribution in [0.15, 0.2) is 85.2 Å². The molecule has 376 valence electrons. The van der Waals surface area contributed by atoms with Gasteiger partial charge in [-0.25, -0.2) is 14.8 Å². The highest BCUT2D eigenvalue weighted by Crippen LogP contribution is 2.43. The molecule has 4 fully saturated rings. The largest absolute Gasteiger partial charge is 0.478 e. The number of likely N-dealkylation sites (tertiary alicyclic amines) is 1. The third kappa shape index (κ3) is 12.7. The van der Waals surface area contributed by atoms with Gasteiger partial charge in [-0.1, -0.05) is 49.2 Å². The summed E-state index contributed by atoms with van der Waals surface area (Å²) in [5.74, 6) is 2.88. The maximum atomic E-state index is 13.6. The van der Waals surface area contributed by atoms with Gasteiger partial charge in [-0.15, -0.1) is 12.4 Å². The maximum Gasteiger partial charge on any atom is 0.335 e. The van der Waals surface area contributed by atoms with Gasteiger partial charge < -0.3 is 34.8 Å². The lowest BCUT2D eigenvalue weighted by molar-refractivity contribution is 0.0692. The molecule has 2 aliphatic carbocycles. The van der Waals surface area contributed by atoms with Crippen LogP contribution in [0.5, 0.6) is 0 Å². The van der Waals surface area contributed by atoms with E-state index in [0.29, 0.717) is 48.0 Å². The number of hydrogen-bond donors (Lipinski definition) is 4. The number of aryl methyl sites for hydroxylation is 2. The second-order valence-corrected chi connectivity index (χ2v) is 19.5. The van der Waals surface area contributed by atoms with Gasteiger partial charge in [0.05, 0.1) is 65.8 Å². The summed E-state index contributed by atoms with van der Waals surface area (Å²) in [6, 6.07) is 28.3. The molecule has 10 rings (SSSR count). The minimum Gasteiger partial charge on any atom is -0.478 e. The average Bonchev–Trinajstić information content (AvgIpc) is 4.04. The number of carbonyl (C=O) groups excluding carboxylic acids is 1. The number of benzene rings is 4. The Bertz CT molecular complexity index is 2860. The number of carboxylic acids is 1. The maximum absolute atomic E-state index is 13.6. The van der Waals surface area contributed by atoms with Crippen LogP contribution in [0.1, 0.15) is 164 Å². The zero-order valence-electron chi connectivity index (χ0n) is 41.9. The van der Waals surface area contributed by atoms with Gasteiger partial charge in [0.1, 0.15) is 11.6 Å². The van der Waals surface area contributed by atoms with Crippen molar-refractivity contribution >= 4 is 24.3 Å². The number of rotatable bonds is 12. The van der Waals surface area contributed by atoms with Crippen LogP contribution >= 0.6 is 12.4 Å². The minimum absolute atomic E-state index is 0. The summed E-state index contributed by atoms with van der Waals surface area (Å²) in [5, 5.41) is 30.5. The molecule has 1 amide bonds. The van der Waals surface area contributed by atoms with Crippen molar-refractivity contribution in [3.8, 4) is 34.9 Å². The number of imidazole rings is 2. The van der Waals surface area contributed by atoms with Crippen molar-refractivity contribution in [2.75, 3.05) is 40.4 Å². The van der Waals surface area contributed by atoms with Crippen molar-refractivity contribution in [1.82, 2.24) is 30.2 Å². The number of methoxy groups -OCH3 is 2. The number of nitrogens with one attached hydrogen (secondary N) is 3. The monoisotopic (exact) mass is 990 g/mol. The molecule has 0 radical (unpaired) electrons. The number of nitrogens with zero attached hydrogens (tertiary/aromatic N) is 5. The van der Waals surface area contributed by atoms with E-state index in [1.807, 2.05) is 48.4 Å². The Morgan fingerprint density at radius 3 is 1.47 bits per heavy atom. The highest BCUT2D eigenvalue weighted by molar-refractivity contribution is 5.97. The number of nitriles is 2. The van der Waals surface area contributed by atoms with Gasteiger partial charge in [-0.2, -0.15) is 10.5 Å². The molecule has 2 aliphatic heterocycles. The van der Waals surface area contributed by atoms with Crippen LogP contribution in [0.3, 0.4) is 0 Å². The molecule has 0 spiro atoms. The normalized spacial score (nSPS) is 16.1. The summed E-state index contributed by atoms with van der Waals surface area (Å²) in [6.45, 7) is 8.56. The van der Waals surface area contributed by atoms with E-state index in [1.165, 1.54) is 60.8 Å². The summed E-state index contributed by atoms with van der Waals surface area (Å²) < 4.78 is 10.4. The fraction of sp³-hybridized carbons (Fsp3) is 0.414. The molecule has 4 heterocycles. The van der Waals surface area contributed by atoms with E-state index in [2.05, 4.69) is 80.7 Å². The SMILES string of the molecule is COCc1cnc(-c2cc(C(=O)N3CCC(c4ccc(C#N)cc4)CC3)c(C)cc2C2CCC2)[nH]1.COCc1cnc(-c2cc(C(=O)O)c(C)cc2C2CCC2)[nH]1.Cl.N#Cc1ccc(C2CCNCC2)cc1. The van der Waals surface area contributed by atoms with E-state index in [-0.39, 0.29) is 18.3 Å². The van der Waals surface area contributed by atoms with Crippen LogP contribution in [-0.2, 0) is 22.7 Å². The first kappa shape index (κ1) is 53.2. The predicted molar refractivity (Wildman–Crippen MR) is 281 cm³/mol. The number of piperidine rings is 2. The summed E-state index contributed by atoms with van der Waals surface area (Å²) in [6.07, 6.45) is 15.0. The third-order valence-corrected chi connectivity index (χ3v) is 14.9. The number of aromatic carboxylic acids is 1. The van der Waals surface area contributed by atoms with Crippen LogP contribution in [0.25, 0.3) is 22.8 Å². The first-order valence-corrected chi connectivity index (χ1v) is 25.2. The van der Waals surface area contributed by atoms with E-state index in [9.17, 15) is 14.7 Å². The van der Waals surface area contributed by atoms with E-state index < -0.39 is 5.97 Å². The van der Waals surface area contributed by atoms with E-state index >= 15 is 0 Å². The summed E-state index contributed by atoms with van der Waals surface area (Å²) in [4.78, 5) is 42.7. The van der Waals surface area contributed by atoms with Crippen LogP contribution in [-0.4, -0.2) is 82.2 Å². The molecule has 72 heavy (non-hydrogen) atoms. The smallest absolute Gasteiger partial charge is 0.335 e. The number of ether oxygens (including phenoxy) is 2. The van der Waals surface area contributed by atoms with Crippen LogP contribution in [0.4, 0.5) is 0 Å². The molecule has 0 bridgehead atoms. The van der Waals surface area contributed by atoms with Crippen LogP contribution in [0.2, 0.25) is 0 Å². The van der Waals surface area contributed by atoms with Gasteiger partial charge >= 0.3 is 5.97 Å². The molecular weight excluding hydrogens is 924 g/mol.